The molecule has 0 spiro atoms. The molecular weight excluding hydrogens is 200 g/mol. The number of rotatable bonds is 4. The van der Waals surface area contributed by atoms with Crippen molar-refractivity contribution in [3.8, 4) is 0 Å². The molecule has 1 fully saturated rings. The summed E-state index contributed by atoms with van der Waals surface area (Å²) in [6, 6.07) is 0.371. The monoisotopic (exact) mass is 228 g/mol. The minimum atomic E-state index is -0.117. The van der Waals surface area contributed by atoms with Crippen LogP contribution in [0.3, 0.4) is 0 Å². The van der Waals surface area contributed by atoms with Gasteiger partial charge in [0.25, 0.3) is 0 Å². The number of nitrogens with zero attached hydrogens (tertiary/aromatic N) is 1. The normalized spacial score (nSPS) is 27.4. The van der Waals surface area contributed by atoms with Crippen molar-refractivity contribution >= 4 is 0 Å². The first-order valence-corrected chi connectivity index (χ1v) is 6.53. The molecule has 0 aromatic carbocycles. The van der Waals surface area contributed by atoms with E-state index in [-0.39, 0.29) is 11.6 Å². The number of hydrogen-bond donors (Lipinski definition) is 2. The van der Waals surface area contributed by atoms with Gasteiger partial charge in [-0.25, -0.2) is 0 Å². The molecule has 1 aliphatic rings. The van der Waals surface area contributed by atoms with Crippen LogP contribution in [0.15, 0.2) is 0 Å². The van der Waals surface area contributed by atoms with Gasteiger partial charge in [0, 0.05) is 24.7 Å². The summed E-state index contributed by atoms with van der Waals surface area (Å²) in [7, 11) is 2.13. The number of nitrogens with one attached hydrogen (secondary N) is 1. The van der Waals surface area contributed by atoms with Gasteiger partial charge < -0.3 is 10.4 Å². The Balaban J connectivity index is 2.25. The van der Waals surface area contributed by atoms with E-state index in [2.05, 4.69) is 38.0 Å². The van der Waals surface area contributed by atoms with E-state index in [9.17, 15) is 5.11 Å². The van der Waals surface area contributed by atoms with Crippen LogP contribution >= 0.6 is 0 Å². The molecule has 0 aromatic heterocycles. The third-order valence-corrected chi connectivity index (χ3v) is 3.38. The predicted octanol–water partition coefficient (Wildman–Crippen LogP) is 1.61. The molecule has 16 heavy (non-hydrogen) atoms. The summed E-state index contributed by atoms with van der Waals surface area (Å²) in [4.78, 5) is 2.31. The summed E-state index contributed by atoms with van der Waals surface area (Å²) in [5.41, 5.74) is 0.187. The number of aliphatic hydroxyl groups is 1. The van der Waals surface area contributed by atoms with Gasteiger partial charge in [0.1, 0.15) is 0 Å². The second kappa shape index (κ2) is 5.99. The highest BCUT2D eigenvalue weighted by molar-refractivity contribution is 4.82. The third-order valence-electron chi connectivity index (χ3n) is 3.38. The van der Waals surface area contributed by atoms with E-state index < -0.39 is 0 Å². The fourth-order valence-electron chi connectivity index (χ4n) is 2.38. The van der Waals surface area contributed by atoms with Crippen LogP contribution < -0.4 is 5.32 Å². The number of likely N-dealkylation sites (N-methyl/N-ethyl adjacent to an activating group) is 1. The summed E-state index contributed by atoms with van der Waals surface area (Å²) in [6.45, 7) is 8.55. The Hall–Kier alpha value is -0.120. The maximum absolute atomic E-state index is 9.94. The summed E-state index contributed by atoms with van der Waals surface area (Å²) in [5.74, 6) is 0. The Morgan fingerprint density at radius 3 is 2.44 bits per heavy atom. The summed E-state index contributed by atoms with van der Waals surface area (Å²) < 4.78 is 0. The first-order valence-electron chi connectivity index (χ1n) is 6.53. The predicted molar refractivity (Wildman–Crippen MR) is 68.6 cm³/mol. The largest absolute Gasteiger partial charge is 0.391 e. The lowest BCUT2D eigenvalue weighted by Gasteiger charge is -2.35. The van der Waals surface area contributed by atoms with Gasteiger partial charge in [-0.15, -0.1) is 0 Å². The van der Waals surface area contributed by atoms with E-state index in [1.807, 2.05) is 0 Å². The van der Waals surface area contributed by atoms with Crippen LogP contribution in [0, 0.1) is 0 Å². The lowest BCUT2D eigenvalue weighted by molar-refractivity contribution is 0.0322. The van der Waals surface area contributed by atoms with Crippen molar-refractivity contribution in [1.82, 2.24) is 10.2 Å². The number of hydrogen-bond acceptors (Lipinski definition) is 3. The molecule has 2 atom stereocenters. The van der Waals surface area contributed by atoms with Gasteiger partial charge in [-0.1, -0.05) is 12.8 Å². The average Bonchev–Trinajstić information content (AvgIpc) is 2.16. The molecule has 0 saturated heterocycles. The SMILES string of the molecule is CN(CCNC(C)(C)C)C1CCCCC1O. The number of aliphatic hydroxyl groups excluding tert-OH is 1. The van der Waals surface area contributed by atoms with Crippen LogP contribution in [-0.2, 0) is 0 Å². The smallest absolute Gasteiger partial charge is 0.0695 e. The van der Waals surface area contributed by atoms with Crippen molar-refractivity contribution in [2.45, 2.75) is 64.1 Å². The van der Waals surface area contributed by atoms with Gasteiger partial charge in [-0.2, -0.15) is 0 Å². The molecule has 2 N–H and O–H groups in total. The van der Waals surface area contributed by atoms with Gasteiger partial charge in [-0.05, 0) is 40.7 Å². The van der Waals surface area contributed by atoms with Crippen LogP contribution in [-0.4, -0.2) is 47.8 Å². The van der Waals surface area contributed by atoms with Crippen molar-refractivity contribution in [2.75, 3.05) is 20.1 Å². The summed E-state index contributed by atoms with van der Waals surface area (Å²) in [6.07, 6.45) is 4.45. The zero-order chi connectivity index (χ0) is 12.2. The molecule has 0 radical (unpaired) electrons. The molecule has 0 amide bonds. The standard InChI is InChI=1S/C13H28N2O/c1-13(2,3)14-9-10-15(4)11-7-5-6-8-12(11)16/h11-12,14,16H,5-10H2,1-4H3. The van der Waals surface area contributed by atoms with E-state index in [4.69, 9.17) is 0 Å². The van der Waals surface area contributed by atoms with E-state index in [1.54, 1.807) is 0 Å². The maximum atomic E-state index is 9.94. The summed E-state index contributed by atoms with van der Waals surface area (Å²) >= 11 is 0. The lowest BCUT2D eigenvalue weighted by atomic mass is 9.91. The molecule has 0 bridgehead atoms. The zero-order valence-corrected chi connectivity index (χ0v) is 11.3. The second-order valence-corrected chi connectivity index (χ2v) is 6.08. The van der Waals surface area contributed by atoms with Crippen molar-refractivity contribution in [3.63, 3.8) is 0 Å². The van der Waals surface area contributed by atoms with Crippen molar-refractivity contribution in [2.24, 2.45) is 0 Å². The fourth-order valence-corrected chi connectivity index (χ4v) is 2.38. The van der Waals surface area contributed by atoms with Crippen LogP contribution in [0.1, 0.15) is 46.5 Å². The third kappa shape index (κ3) is 4.81. The molecule has 1 rings (SSSR count). The van der Waals surface area contributed by atoms with Crippen molar-refractivity contribution in [1.29, 1.82) is 0 Å². The lowest BCUT2D eigenvalue weighted by Crippen LogP contribution is -2.47. The Morgan fingerprint density at radius 1 is 1.25 bits per heavy atom. The highest BCUT2D eigenvalue weighted by atomic mass is 16.3. The first kappa shape index (κ1) is 13.9. The van der Waals surface area contributed by atoms with E-state index in [0.29, 0.717) is 6.04 Å². The van der Waals surface area contributed by atoms with Crippen LogP contribution in [0.2, 0.25) is 0 Å². The highest BCUT2D eigenvalue weighted by Gasteiger charge is 2.26. The molecule has 3 heteroatoms. The molecule has 1 saturated carbocycles. The fraction of sp³-hybridized carbons (Fsp3) is 1.00. The van der Waals surface area contributed by atoms with E-state index in [1.165, 1.54) is 12.8 Å². The molecular formula is C13H28N2O. The first-order chi connectivity index (χ1) is 7.40. The Morgan fingerprint density at radius 2 is 1.88 bits per heavy atom. The average molecular weight is 228 g/mol. The van der Waals surface area contributed by atoms with Gasteiger partial charge in [0.2, 0.25) is 0 Å². The topological polar surface area (TPSA) is 35.5 Å². The molecule has 0 aliphatic heterocycles. The highest BCUT2D eigenvalue weighted by Crippen LogP contribution is 2.21. The van der Waals surface area contributed by atoms with Gasteiger partial charge >= 0.3 is 0 Å². The van der Waals surface area contributed by atoms with Gasteiger partial charge in [-0.3, -0.25) is 4.90 Å². The molecule has 0 aromatic rings. The van der Waals surface area contributed by atoms with Gasteiger partial charge in [0.15, 0.2) is 0 Å². The van der Waals surface area contributed by atoms with Crippen LogP contribution in [0.5, 0.6) is 0 Å². The molecule has 96 valence electrons. The second-order valence-electron chi connectivity index (χ2n) is 6.08. The Bertz CT molecular complexity index is 201. The van der Waals surface area contributed by atoms with Gasteiger partial charge in [0.05, 0.1) is 6.10 Å². The zero-order valence-electron chi connectivity index (χ0n) is 11.3. The van der Waals surface area contributed by atoms with Crippen molar-refractivity contribution in [3.05, 3.63) is 0 Å². The Labute approximate surface area is 100 Å². The molecule has 2 unspecified atom stereocenters. The molecule has 1 aliphatic carbocycles. The van der Waals surface area contributed by atoms with E-state index in [0.717, 1.165) is 25.9 Å². The Kier molecular flexibility index (Phi) is 5.22. The van der Waals surface area contributed by atoms with Crippen LogP contribution in [0.25, 0.3) is 0 Å². The minimum absolute atomic E-state index is 0.117. The molecule has 0 heterocycles. The van der Waals surface area contributed by atoms with Crippen molar-refractivity contribution < 1.29 is 5.11 Å². The van der Waals surface area contributed by atoms with E-state index >= 15 is 0 Å². The summed E-state index contributed by atoms with van der Waals surface area (Å²) in [5, 5.41) is 13.4. The quantitative estimate of drug-likeness (QED) is 0.767. The van der Waals surface area contributed by atoms with Crippen LogP contribution in [0.4, 0.5) is 0 Å². The maximum Gasteiger partial charge on any atom is 0.0695 e. The molecule has 3 nitrogen and oxygen atoms in total. The minimum Gasteiger partial charge on any atom is -0.391 e.